The number of hydrogen-bond donors (Lipinski definition) is 1. The SMILES string of the molecule is COC(=O)CN1C(=O)C(Cc2ccc(OC)cc2)Sc2cc(NC(C)=O)ccc21. The number of carbonyl (C=O) groups excluding carboxylic acids is 3. The summed E-state index contributed by atoms with van der Waals surface area (Å²) in [5, 5.41) is 2.34. The van der Waals surface area contributed by atoms with Crippen molar-refractivity contribution in [3.63, 3.8) is 0 Å². The van der Waals surface area contributed by atoms with Crippen molar-refractivity contribution in [2.75, 3.05) is 31.0 Å². The fraction of sp³-hybridized carbons (Fsp3) is 0.286. The zero-order valence-electron chi connectivity index (χ0n) is 16.4. The van der Waals surface area contributed by atoms with Crippen LogP contribution in [0.25, 0.3) is 0 Å². The molecule has 1 heterocycles. The lowest BCUT2D eigenvalue weighted by molar-refractivity contribution is -0.140. The molecule has 1 unspecified atom stereocenters. The number of benzene rings is 2. The molecule has 1 aliphatic heterocycles. The Morgan fingerprint density at radius 2 is 1.86 bits per heavy atom. The van der Waals surface area contributed by atoms with E-state index in [4.69, 9.17) is 9.47 Å². The second kappa shape index (κ2) is 9.00. The molecule has 8 heteroatoms. The van der Waals surface area contributed by atoms with Gasteiger partial charge in [0.05, 0.1) is 25.2 Å². The molecule has 2 amide bonds. The van der Waals surface area contributed by atoms with E-state index in [0.717, 1.165) is 16.2 Å². The Balaban J connectivity index is 1.91. The van der Waals surface area contributed by atoms with Crippen LogP contribution in [0.4, 0.5) is 11.4 Å². The number of rotatable bonds is 6. The molecule has 0 spiro atoms. The molecular formula is C21H22N2O5S. The fourth-order valence-corrected chi connectivity index (χ4v) is 4.37. The monoisotopic (exact) mass is 414 g/mol. The second-order valence-corrected chi connectivity index (χ2v) is 7.77. The van der Waals surface area contributed by atoms with E-state index in [1.54, 1.807) is 19.2 Å². The topological polar surface area (TPSA) is 84.9 Å². The number of thioether (sulfide) groups is 1. The van der Waals surface area contributed by atoms with Crippen molar-refractivity contribution in [2.24, 2.45) is 0 Å². The van der Waals surface area contributed by atoms with Crippen LogP contribution in [0, 0.1) is 0 Å². The van der Waals surface area contributed by atoms with Gasteiger partial charge in [-0.05, 0) is 42.3 Å². The van der Waals surface area contributed by atoms with Gasteiger partial charge < -0.3 is 14.8 Å². The van der Waals surface area contributed by atoms with Crippen molar-refractivity contribution in [3.05, 3.63) is 48.0 Å². The van der Waals surface area contributed by atoms with Gasteiger partial charge in [-0.2, -0.15) is 0 Å². The number of anilines is 2. The summed E-state index contributed by atoms with van der Waals surface area (Å²) >= 11 is 1.42. The Morgan fingerprint density at radius 3 is 2.48 bits per heavy atom. The maximum Gasteiger partial charge on any atom is 0.325 e. The summed E-state index contributed by atoms with van der Waals surface area (Å²) < 4.78 is 9.94. The van der Waals surface area contributed by atoms with E-state index in [1.807, 2.05) is 30.3 Å². The van der Waals surface area contributed by atoms with Gasteiger partial charge in [0.15, 0.2) is 0 Å². The highest BCUT2D eigenvalue weighted by molar-refractivity contribution is 8.01. The number of nitrogens with zero attached hydrogens (tertiary/aromatic N) is 1. The van der Waals surface area contributed by atoms with Crippen LogP contribution in [0.15, 0.2) is 47.4 Å². The predicted molar refractivity (Wildman–Crippen MR) is 111 cm³/mol. The standard InChI is InChI=1S/C21H22N2O5S/c1-13(24)22-15-6-9-17-18(11-15)29-19(21(26)23(17)12-20(25)28-3)10-14-4-7-16(27-2)8-5-14/h4-9,11,19H,10,12H2,1-3H3,(H,22,24). The van der Waals surface area contributed by atoms with Gasteiger partial charge in [0, 0.05) is 17.5 Å². The summed E-state index contributed by atoms with van der Waals surface area (Å²) in [6.45, 7) is 1.27. The van der Waals surface area contributed by atoms with E-state index >= 15 is 0 Å². The normalized spacial score (nSPS) is 15.5. The van der Waals surface area contributed by atoms with Gasteiger partial charge in [-0.15, -0.1) is 11.8 Å². The van der Waals surface area contributed by atoms with Gasteiger partial charge in [-0.1, -0.05) is 12.1 Å². The van der Waals surface area contributed by atoms with E-state index in [-0.39, 0.29) is 18.4 Å². The van der Waals surface area contributed by atoms with Crippen LogP contribution in [0.2, 0.25) is 0 Å². The Bertz CT molecular complexity index is 929. The molecule has 1 atom stereocenters. The van der Waals surface area contributed by atoms with Crippen LogP contribution in [0.5, 0.6) is 5.75 Å². The third-order valence-electron chi connectivity index (χ3n) is 4.48. The van der Waals surface area contributed by atoms with Gasteiger partial charge in [0.25, 0.3) is 0 Å². The van der Waals surface area contributed by atoms with Crippen LogP contribution in [-0.4, -0.2) is 43.8 Å². The molecule has 1 aliphatic rings. The third-order valence-corrected chi connectivity index (χ3v) is 5.71. The smallest absolute Gasteiger partial charge is 0.325 e. The van der Waals surface area contributed by atoms with Crippen LogP contribution >= 0.6 is 11.8 Å². The molecule has 0 aliphatic carbocycles. The highest BCUT2D eigenvalue weighted by atomic mass is 32.2. The molecule has 0 aromatic heterocycles. The Kier molecular flexibility index (Phi) is 6.43. The average molecular weight is 414 g/mol. The van der Waals surface area contributed by atoms with Crippen molar-refractivity contribution in [1.82, 2.24) is 0 Å². The summed E-state index contributed by atoms with van der Waals surface area (Å²) in [5.74, 6) is -0.0849. The number of nitrogens with one attached hydrogen (secondary N) is 1. The number of carbonyl (C=O) groups is 3. The van der Waals surface area contributed by atoms with E-state index < -0.39 is 11.2 Å². The summed E-state index contributed by atoms with van der Waals surface area (Å²) in [7, 11) is 2.89. The maximum atomic E-state index is 13.1. The minimum absolute atomic E-state index is 0.156. The van der Waals surface area contributed by atoms with Gasteiger partial charge >= 0.3 is 5.97 Å². The molecular weight excluding hydrogens is 392 g/mol. The van der Waals surface area contributed by atoms with Crippen molar-refractivity contribution in [3.8, 4) is 5.75 Å². The Hall–Kier alpha value is -3.00. The van der Waals surface area contributed by atoms with E-state index in [0.29, 0.717) is 17.8 Å². The third kappa shape index (κ3) is 4.89. The Morgan fingerprint density at radius 1 is 1.14 bits per heavy atom. The molecule has 0 bridgehead atoms. The largest absolute Gasteiger partial charge is 0.497 e. The zero-order valence-corrected chi connectivity index (χ0v) is 17.2. The molecule has 7 nitrogen and oxygen atoms in total. The molecule has 1 N–H and O–H groups in total. The van der Waals surface area contributed by atoms with Crippen molar-refractivity contribution in [2.45, 2.75) is 23.5 Å². The minimum atomic E-state index is -0.495. The quantitative estimate of drug-likeness (QED) is 0.732. The van der Waals surface area contributed by atoms with Crippen LogP contribution in [0.1, 0.15) is 12.5 Å². The van der Waals surface area contributed by atoms with Gasteiger partial charge in [-0.3, -0.25) is 19.3 Å². The first-order chi connectivity index (χ1) is 13.9. The molecule has 0 radical (unpaired) electrons. The number of amides is 2. The van der Waals surface area contributed by atoms with Crippen LogP contribution in [-0.2, 0) is 25.5 Å². The molecule has 0 fully saturated rings. The molecule has 29 heavy (non-hydrogen) atoms. The van der Waals surface area contributed by atoms with E-state index in [1.165, 1.54) is 30.7 Å². The summed E-state index contributed by atoms with van der Waals surface area (Å²) in [4.78, 5) is 38.7. The molecule has 2 aromatic rings. The highest BCUT2D eigenvalue weighted by Gasteiger charge is 2.35. The molecule has 3 rings (SSSR count). The number of methoxy groups -OCH3 is 2. The van der Waals surface area contributed by atoms with Gasteiger partial charge in [0.2, 0.25) is 11.8 Å². The van der Waals surface area contributed by atoms with E-state index in [2.05, 4.69) is 5.32 Å². The summed E-state index contributed by atoms with van der Waals surface area (Å²) in [6.07, 6.45) is 0.495. The predicted octanol–water partition coefficient (Wildman–Crippen LogP) is 2.88. The summed E-state index contributed by atoms with van der Waals surface area (Å²) in [5.41, 5.74) is 2.25. The number of fused-ring (bicyclic) bond motifs is 1. The average Bonchev–Trinajstić information content (AvgIpc) is 2.71. The van der Waals surface area contributed by atoms with Crippen molar-refractivity contribution in [1.29, 1.82) is 0 Å². The first kappa shape index (κ1) is 20.7. The van der Waals surface area contributed by atoms with Gasteiger partial charge in [-0.25, -0.2) is 0 Å². The molecule has 2 aromatic carbocycles. The van der Waals surface area contributed by atoms with Crippen LogP contribution < -0.4 is 15.0 Å². The number of hydrogen-bond acceptors (Lipinski definition) is 6. The number of ether oxygens (including phenoxy) is 2. The first-order valence-electron chi connectivity index (χ1n) is 9.00. The molecule has 0 saturated heterocycles. The summed E-state index contributed by atoms with van der Waals surface area (Å²) in [6, 6.07) is 12.8. The van der Waals surface area contributed by atoms with Crippen molar-refractivity contribution >= 4 is 40.9 Å². The lowest BCUT2D eigenvalue weighted by Gasteiger charge is -2.33. The minimum Gasteiger partial charge on any atom is -0.497 e. The highest BCUT2D eigenvalue weighted by Crippen LogP contribution is 2.41. The fourth-order valence-electron chi connectivity index (χ4n) is 3.07. The Labute approximate surface area is 173 Å². The van der Waals surface area contributed by atoms with E-state index in [9.17, 15) is 14.4 Å². The first-order valence-corrected chi connectivity index (χ1v) is 9.88. The number of esters is 1. The molecule has 152 valence electrons. The lowest BCUT2D eigenvalue weighted by Crippen LogP contribution is -2.44. The molecule has 0 saturated carbocycles. The second-order valence-electron chi connectivity index (χ2n) is 6.52. The maximum absolute atomic E-state index is 13.1. The van der Waals surface area contributed by atoms with Crippen molar-refractivity contribution < 1.29 is 23.9 Å². The zero-order chi connectivity index (χ0) is 21.0. The van der Waals surface area contributed by atoms with Crippen LogP contribution in [0.3, 0.4) is 0 Å². The van der Waals surface area contributed by atoms with Gasteiger partial charge in [0.1, 0.15) is 12.3 Å². The lowest BCUT2D eigenvalue weighted by atomic mass is 10.1.